The molecular formula is C10H6BrClN2O2S. The number of phenolic OH excluding ortho intramolecular Hbond substituents is 1. The summed E-state index contributed by atoms with van der Waals surface area (Å²) in [5.74, 6) is -0.440. The Bertz CT molecular complexity index is 559. The highest BCUT2D eigenvalue weighted by Crippen LogP contribution is 2.34. The van der Waals surface area contributed by atoms with Crippen molar-refractivity contribution in [2.45, 2.75) is 0 Å². The molecule has 1 amide bonds. The van der Waals surface area contributed by atoms with Gasteiger partial charge in [0.1, 0.15) is 5.75 Å². The van der Waals surface area contributed by atoms with Gasteiger partial charge < -0.3 is 10.4 Å². The number of carbonyl (C=O) groups is 1. The van der Waals surface area contributed by atoms with E-state index in [1.807, 2.05) is 0 Å². The SMILES string of the molecule is N=C1NC(=O)/C(=C\c2cc(Br)cc(Cl)c2O)S1. The molecule has 0 bridgehead atoms. The molecule has 0 atom stereocenters. The number of aromatic hydroxyl groups is 1. The average Bonchev–Trinajstić information content (AvgIpc) is 2.53. The highest BCUT2D eigenvalue weighted by molar-refractivity contribution is 9.10. The molecular weight excluding hydrogens is 328 g/mol. The molecule has 88 valence electrons. The van der Waals surface area contributed by atoms with E-state index in [1.165, 1.54) is 6.08 Å². The molecule has 1 aromatic rings. The predicted molar refractivity (Wildman–Crippen MR) is 72.3 cm³/mol. The van der Waals surface area contributed by atoms with E-state index in [0.717, 1.165) is 11.8 Å². The van der Waals surface area contributed by atoms with Crippen molar-refractivity contribution in [1.29, 1.82) is 5.41 Å². The highest BCUT2D eigenvalue weighted by atomic mass is 79.9. The maximum absolute atomic E-state index is 11.4. The Morgan fingerprint density at radius 2 is 2.24 bits per heavy atom. The fourth-order valence-electron chi connectivity index (χ4n) is 1.28. The topological polar surface area (TPSA) is 73.2 Å². The number of hydrogen-bond donors (Lipinski definition) is 3. The van der Waals surface area contributed by atoms with E-state index in [2.05, 4.69) is 21.2 Å². The van der Waals surface area contributed by atoms with E-state index in [0.29, 0.717) is 14.9 Å². The third-order valence-electron chi connectivity index (χ3n) is 2.01. The molecule has 1 heterocycles. The summed E-state index contributed by atoms with van der Waals surface area (Å²) in [4.78, 5) is 11.7. The molecule has 17 heavy (non-hydrogen) atoms. The standard InChI is InChI=1S/C10H6BrClN2O2S/c11-5-1-4(8(15)6(12)3-5)2-7-9(16)14-10(13)17-7/h1-3,15H,(H2,13,14,16)/b7-2+. The summed E-state index contributed by atoms with van der Waals surface area (Å²) in [5.41, 5.74) is 0.428. The van der Waals surface area contributed by atoms with Crippen molar-refractivity contribution in [3.05, 3.63) is 32.1 Å². The fourth-order valence-corrected chi connectivity index (χ4v) is 2.81. The zero-order valence-corrected chi connectivity index (χ0v) is 11.4. The molecule has 0 aliphatic carbocycles. The van der Waals surface area contributed by atoms with Gasteiger partial charge in [-0.3, -0.25) is 10.2 Å². The second kappa shape index (κ2) is 4.72. The number of amides is 1. The average molecular weight is 334 g/mol. The van der Waals surface area contributed by atoms with Crippen LogP contribution in [-0.4, -0.2) is 16.2 Å². The van der Waals surface area contributed by atoms with Crippen LogP contribution in [0.25, 0.3) is 6.08 Å². The van der Waals surface area contributed by atoms with Crippen LogP contribution in [0.5, 0.6) is 5.75 Å². The predicted octanol–water partition coefficient (Wildman–Crippen LogP) is 2.95. The number of halogens is 2. The molecule has 1 aliphatic heterocycles. The molecule has 0 saturated carbocycles. The van der Waals surface area contributed by atoms with Gasteiger partial charge >= 0.3 is 0 Å². The number of carbonyl (C=O) groups excluding carboxylic acids is 1. The van der Waals surface area contributed by atoms with Crippen LogP contribution in [0, 0.1) is 5.41 Å². The van der Waals surface area contributed by atoms with Crippen LogP contribution in [0.4, 0.5) is 0 Å². The van der Waals surface area contributed by atoms with E-state index in [1.54, 1.807) is 12.1 Å². The van der Waals surface area contributed by atoms with Gasteiger partial charge in [0.15, 0.2) is 5.17 Å². The number of rotatable bonds is 1. The van der Waals surface area contributed by atoms with Gasteiger partial charge in [-0.05, 0) is 30.0 Å². The van der Waals surface area contributed by atoms with E-state index >= 15 is 0 Å². The van der Waals surface area contributed by atoms with E-state index in [-0.39, 0.29) is 21.8 Å². The molecule has 0 aromatic heterocycles. The monoisotopic (exact) mass is 332 g/mol. The van der Waals surface area contributed by atoms with Gasteiger partial charge in [-0.15, -0.1) is 0 Å². The second-order valence-corrected chi connectivity index (χ2v) is 5.59. The third-order valence-corrected chi connectivity index (χ3v) is 3.58. The number of hydrogen-bond acceptors (Lipinski definition) is 4. The minimum absolute atomic E-state index is 0.0711. The van der Waals surface area contributed by atoms with Crippen LogP contribution in [0.15, 0.2) is 21.5 Å². The Labute approximate surface area is 115 Å². The Morgan fingerprint density at radius 3 is 2.82 bits per heavy atom. The van der Waals surface area contributed by atoms with Crippen LogP contribution in [0.3, 0.4) is 0 Å². The zero-order chi connectivity index (χ0) is 12.6. The number of thioether (sulfide) groups is 1. The third kappa shape index (κ3) is 2.65. The van der Waals surface area contributed by atoms with Crippen molar-refractivity contribution < 1.29 is 9.90 Å². The van der Waals surface area contributed by atoms with Gasteiger partial charge in [0.2, 0.25) is 0 Å². The molecule has 2 rings (SSSR count). The summed E-state index contributed by atoms with van der Waals surface area (Å²) in [6.07, 6.45) is 1.49. The zero-order valence-electron chi connectivity index (χ0n) is 8.25. The van der Waals surface area contributed by atoms with Crippen LogP contribution in [-0.2, 0) is 4.79 Å². The summed E-state index contributed by atoms with van der Waals surface area (Å²) in [6, 6.07) is 3.20. The van der Waals surface area contributed by atoms with Gasteiger partial charge in [-0.25, -0.2) is 0 Å². The molecule has 1 saturated heterocycles. The van der Waals surface area contributed by atoms with Crippen molar-refractivity contribution in [3.8, 4) is 5.75 Å². The Kier molecular flexibility index (Phi) is 3.46. The summed E-state index contributed by atoms with van der Waals surface area (Å²) in [7, 11) is 0. The van der Waals surface area contributed by atoms with Gasteiger partial charge in [0.25, 0.3) is 5.91 Å². The summed E-state index contributed by atoms with van der Waals surface area (Å²) in [5, 5.41) is 19.7. The van der Waals surface area contributed by atoms with E-state index in [4.69, 9.17) is 17.0 Å². The van der Waals surface area contributed by atoms with E-state index < -0.39 is 0 Å². The van der Waals surface area contributed by atoms with Crippen molar-refractivity contribution in [1.82, 2.24) is 5.32 Å². The van der Waals surface area contributed by atoms with Crippen molar-refractivity contribution >= 4 is 56.4 Å². The van der Waals surface area contributed by atoms with Gasteiger partial charge in [-0.2, -0.15) is 0 Å². The number of amidine groups is 1. The van der Waals surface area contributed by atoms with Gasteiger partial charge in [0.05, 0.1) is 9.93 Å². The Hall–Kier alpha value is -0.980. The van der Waals surface area contributed by atoms with Crippen molar-refractivity contribution in [2.24, 2.45) is 0 Å². The summed E-state index contributed by atoms with van der Waals surface area (Å²) < 4.78 is 0.700. The molecule has 0 radical (unpaired) electrons. The van der Waals surface area contributed by atoms with Crippen molar-refractivity contribution in [3.63, 3.8) is 0 Å². The first kappa shape index (κ1) is 12.5. The first-order valence-electron chi connectivity index (χ1n) is 4.45. The molecule has 0 spiro atoms. The molecule has 0 unspecified atom stereocenters. The first-order chi connectivity index (χ1) is 7.97. The quantitative estimate of drug-likeness (QED) is 0.692. The summed E-state index contributed by atoms with van der Waals surface area (Å²) >= 11 is 10.1. The number of phenols is 1. The van der Waals surface area contributed by atoms with Crippen LogP contribution < -0.4 is 5.32 Å². The lowest BCUT2D eigenvalue weighted by Crippen LogP contribution is -2.18. The minimum Gasteiger partial charge on any atom is -0.506 e. The number of benzene rings is 1. The second-order valence-electron chi connectivity index (χ2n) is 3.22. The van der Waals surface area contributed by atoms with E-state index in [9.17, 15) is 9.90 Å². The fraction of sp³-hybridized carbons (Fsp3) is 0. The minimum atomic E-state index is -0.351. The maximum atomic E-state index is 11.4. The smallest absolute Gasteiger partial charge is 0.264 e. The van der Waals surface area contributed by atoms with Gasteiger partial charge in [-0.1, -0.05) is 27.5 Å². The highest BCUT2D eigenvalue weighted by Gasteiger charge is 2.22. The molecule has 1 fully saturated rings. The van der Waals surface area contributed by atoms with Crippen LogP contribution in [0.1, 0.15) is 5.56 Å². The summed E-state index contributed by atoms with van der Waals surface area (Å²) in [6.45, 7) is 0. The lowest BCUT2D eigenvalue weighted by molar-refractivity contribution is -0.115. The van der Waals surface area contributed by atoms with Crippen LogP contribution >= 0.6 is 39.3 Å². The maximum Gasteiger partial charge on any atom is 0.264 e. The largest absolute Gasteiger partial charge is 0.506 e. The molecule has 1 aliphatic rings. The van der Waals surface area contributed by atoms with Crippen LogP contribution in [0.2, 0.25) is 5.02 Å². The lowest BCUT2D eigenvalue weighted by atomic mass is 10.2. The normalized spacial score (nSPS) is 17.6. The molecule has 4 nitrogen and oxygen atoms in total. The Morgan fingerprint density at radius 1 is 1.53 bits per heavy atom. The first-order valence-corrected chi connectivity index (χ1v) is 6.43. The van der Waals surface area contributed by atoms with Crippen molar-refractivity contribution in [2.75, 3.05) is 0 Å². The molecule has 7 heteroatoms. The number of nitrogens with one attached hydrogen (secondary N) is 2. The lowest BCUT2D eigenvalue weighted by Gasteiger charge is -2.03. The molecule has 1 aromatic carbocycles. The Balaban J connectivity index is 2.46. The molecule has 3 N–H and O–H groups in total. The van der Waals surface area contributed by atoms with Gasteiger partial charge in [0, 0.05) is 10.0 Å².